The fourth-order valence-corrected chi connectivity index (χ4v) is 4.88. The molecule has 0 bridgehead atoms. The number of carbonyl (C=O) groups excluding carboxylic acids is 1. The second-order valence-electron chi connectivity index (χ2n) is 9.20. The van der Waals surface area contributed by atoms with Crippen molar-refractivity contribution in [3.63, 3.8) is 0 Å². The molecule has 36 heavy (non-hydrogen) atoms. The van der Waals surface area contributed by atoms with Crippen molar-refractivity contribution in [2.45, 2.75) is 26.0 Å². The van der Waals surface area contributed by atoms with Gasteiger partial charge in [0.1, 0.15) is 18.2 Å². The molecule has 0 saturated carbocycles. The lowest BCUT2D eigenvalue weighted by Crippen LogP contribution is -2.40. The summed E-state index contributed by atoms with van der Waals surface area (Å²) in [5.74, 6) is 0.997. The Morgan fingerprint density at radius 3 is 2.50 bits per heavy atom. The molecular formula is C28H30BrClFN3O2. The van der Waals surface area contributed by atoms with Gasteiger partial charge in [-0.2, -0.15) is 0 Å². The predicted octanol–water partition coefficient (Wildman–Crippen LogP) is 7.20. The van der Waals surface area contributed by atoms with Crippen LogP contribution in [0.1, 0.15) is 24.0 Å². The first-order valence-corrected chi connectivity index (χ1v) is 13.2. The third kappa shape index (κ3) is 7.69. The number of likely N-dealkylation sites (tertiary alicyclic amines) is 1. The minimum atomic E-state index is -0.323. The second-order valence-corrected chi connectivity index (χ2v) is 10.6. The van der Waals surface area contributed by atoms with E-state index in [2.05, 4.69) is 32.2 Å². The van der Waals surface area contributed by atoms with Gasteiger partial charge in [-0.3, -0.25) is 4.90 Å². The van der Waals surface area contributed by atoms with Crippen molar-refractivity contribution in [1.29, 1.82) is 0 Å². The van der Waals surface area contributed by atoms with Crippen LogP contribution < -0.4 is 10.1 Å². The van der Waals surface area contributed by atoms with Crippen LogP contribution in [-0.2, 0) is 13.2 Å². The largest absolute Gasteiger partial charge is 0.489 e. The molecule has 1 N–H and O–H groups in total. The number of hydrogen-bond acceptors (Lipinski definition) is 3. The van der Waals surface area contributed by atoms with Gasteiger partial charge in [0, 0.05) is 40.9 Å². The summed E-state index contributed by atoms with van der Waals surface area (Å²) in [6, 6.07) is 19.5. The molecule has 4 rings (SSSR count). The summed E-state index contributed by atoms with van der Waals surface area (Å²) < 4.78 is 20.3. The molecule has 0 aliphatic carbocycles. The minimum Gasteiger partial charge on any atom is -0.489 e. The maximum atomic E-state index is 13.1. The number of amides is 2. The van der Waals surface area contributed by atoms with Crippen molar-refractivity contribution >= 4 is 39.2 Å². The first-order valence-electron chi connectivity index (χ1n) is 12.0. The van der Waals surface area contributed by atoms with E-state index in [0.717, 1.165) is 53.8 Å². The number of piperidine rings is 1. The van der Waals surface area contributed by atoms with Crippen molar-refractivity contribution in [1.82, 2.24) is 9.80 Å². The summed E-state index contributed by atoms with van der Waals surface area (Å²) in [4.78, 5) is 16.7. The third-order valence-electron chi connectivity index (χ3n) is 6.41. The number of carbonyl (C=O) groups is 1. The number of nitrogens with zero attached hydrogens (tertiary/aromatic N) is 2. The van der Waals surface area contributed by atoms with E-state index in [0.29, 0.717) is 29.8 Å². The standard InChI is InChI=1S/C28H30BrClFN3O2/c1-33(28(35)32-26-9-7-25(31)8-10-26)17-20-12-14-34(15-13-20)18-22-16-23(29)4-11-27(22)36-19-21-2-5-24(30)6-3-21/h2-11,16,20H,12-15,17-19H2,1H3,(H,32,35). The van der Waals surface area contributed by atoms with Crippen LogP contribution in [-0.4, -0.2) is 42.5 Å². The first kappa shape index (κ1) is 26.5. The van der Waals surface area contributed by atoms with Gasteiger partial charge in [0.15, 0.2) is 0 Å². The van der Waals surface area contributed by atoms with Crippen molar-refractivity contribution in [2.75, 3.05) is 32.0 Å². The summed E-state index contributed by atoms with van der Waals surface area (Å²) in [5.41, 5.74) is 2.81. The molecule has 8 heteroatoms. The van der Waals surface area contributed by atoms with Crippen LogP contribution in [0.2, 0.25) is 5.02 Å². The summed E-state index contributed by atoms with van der Waals surface area (Å²) in [5, 5.41) is 3.54. The van der Waals surface area contributed by atoms with Crippen LogP contribution in [0.5, 0.6) is 5.75 Å². The maximum Gasteiger partial charge on any atom is 0.321 e. The van der Waals surface area contributed by atoms with E-state index in [9.17, 15) is 9.18 Å². The van der Waals surface area contributed by atoms with Crippen LogP contribution in [0.25, 0.3) is 0 Å². The molecule has 0 spiro atoms. The molecule has 0 atom stereocenters. The highest BCUT2D eigenvalue weighted by Gasteiger charge is 2.23. The van der Waals surface area contributed by atoms with Gasteiger partial charge < -0.3 is 15.0 Å². The molecule has 1 aliphatic heterocycles. The molecular weight excluding hydrogens is 545 g/mol. The Morgan fingerprint density at radius 1 is 1.11 bits per heavy atom. The van der Waals surface area contributed by atoms with E-state index in [1.54, 1.807) is 24.1 Å². The number of benzene rings is 3. The Bertz CT molecular complexity index is 1150. The van der Waals surface area contributed by atoms with Crippen molar-refractivity contribution in [2.24, 2.45) is 5.92 Å². The molecule has 3 aromatic rings. The highest BCUT2D eigenvalue weighted by atomic mass is 79.9. The van der Waals surface area contributed by atoms with Gasteiger partial charge in [0.25, 0.3) is 0 Å². The molecule has 1 saturated heterocycles. The van der Waals surface area contributed by atoms with Crippen LogP contribution in [0.15, 0.2) is 71.2 Å². The number of halogens is 3. The Kier molecular flexibility index (Phi) is 9.24. The van der Waals surface area contributed by atoms with Crippen molar-refractivity contribution in [3.8, 4) is 5.75 Å². The zero-order valence-electron chi connectivity index (χ0n) is 20.2. The van der Waals surface area contributed by atoms with Crippen molar-refractivity contribution < 1.29 is 13.9 Å². The lowest BCUT2D eigenvalue weighted by Gasteiger charge is -2.34. The normalized spacial score (nSPS) is 14.4. The Hall–Kier alpha value is -2.61. The Balaban J connectivity index is 1.26. The van der Waals surface area contributed by atoms with Crippen LogP contribution in [0.3, 0.4) is 0 Å². The number of rotatable bonds is 8. The highest BCUT2D eigenvalue weighted by molar-refractivity contribution is 9.10. The van der Waals surface area contributed by atoms with Gasteiger partial charge in [-0.1, -0.05) is 39.7 Å². The van der Waals surface area contributed by atoms with Gasteiger partial charge in [-0.05, 0) is 92.0 Å². The molecule has 0 radical (unpaired) electrons. The summed E-state index contributed by atoms with van der Waals surface area (Å²) >= 11 is 9.58. The molecule has 0 aromatic heterocycles. The van der Waals surface area contributed by atoms with Crippen LogP contribution >= 0.6 is 27.5 Å². The Labute approximate surface area is 225 Å². The lowest BCUT2D eigenvalue weighted by atomic mass is 9.96. The lowest BCUT2D eigenvalue weighted by molar-refractivity contribution is 0.152. The first-order chi connectivity index (χ1) is 17.4. The summed E-state index contributed by atoms with van der Waals surface area (Å²) in [6.07, 6.45) is 2.03. The van der Waals surface area contributed by atoms with Crippen LogP contribution in [0.4, 0.5) is 14.9 Å². The van der Waals surface area contributed by atoms with Gasteiger partial charge >= 0.3 is 6.03 Å². The van der Waals surface area contributed by atoms with Crippen LogP contribution in [0, 0.1) is 11.7 Å². The fraction of sp³-hybridized carbons (Fsp3) is 0.321. The zero-order valence-corrected chi connectivity index (χ0v) is 22.6. The SMILES string of the molecule is CN(CC1CCN(Cc2cc(Br)ccc2OCc2ccc(Cl)cc2)CC1)C(=O)Nc1ccc(F)cc1. The monoisotopic (exact) mass is 573 g/mol. The summed E-state index contributed by atoms with van der Waals surface area (Å²) in [6.45, 7) is 3.90. The molecule has 2 amide bonds. The number of urea groups is 1. The molecule has 5 nitrogen and oxygen atoms in total. The number of hydrogen-bond donors (Lipinski definition) is 1. The molecule has 3 aromatic carbocycles. The average molecular weight is 575 g/mol. The Morgan fingerprint density at radius 2 is 1.81 bits per heavy atom. The quantitative estimate of drug-likeness (QED) is 0.310. The second kappa shape index (κ2) is 12.6. The van der Waals surface area contributed by atoms with Gasteiger partial charge in [-0.25, -0.2) is 9.18 Å². The maximum absolute atomic E-state index is 13.1. The molecule has 1 aliphatic rings. The smallest absolute Gasteiger partial charge is 0.321 e. The van der Waals surface area contributed by atoms with E-state index >= 15 is 0 Å². The molecule has 1 fully saturated rings. The fourth-order valence-electron chi connectivity index (χ4n) is 4.34. The van der Waals surface area contributed by atoms with E-state index in [1.165, 1.54) is 12.1 Å². The third-order valence-corrected chi connectivity index (χ3v) is 7.15. The van der Waals surface area contributed by atoms with E-state index < -0.39 is 0 Å². The van der Waals surface area contributed by atoms with Gasteiger partial charge in [-0.15, -0.1) is 0 Å². The van der Waals surface area contributed by atoms with E-state index in [1.807, 2.05) is 36.4 Å². The van der Waals surface area contributed by atoms with E-state index in [4.69, 9.17) is 16.3 Å². The highest BCUT2D eigenvalue weighted by Crippen LogP contribution is 2.28. The molecule has 190 valence electrons. The van der Waals surface area contributed by atoms with Gasteiger partial charge in [0.05, 0.1) is 0 Å². The topological polar surface area (TPSA) is 44.8 Å². The van der Waals surface area contributed by atoms with E-state index in [-0.39, 0.29) is 11.8 Å². The zero-order chi connectivity index (χ0) is 25.5. The summed E-state index contributed by atoms with van der Waals surface area (Å²) in [7, 11) is 1.80. The minimum absolute atomic E-state index is 0.180. The van der Waals surface area contributed by atoms with Crippen molar-refractivity contribution in [3.05, 3.63) is 93.2 Å². The number of nitrogens with one attached hydrogen (secondary N) is 1. The van der Waals surface area contributed by atoms with Gasteiger partial charge in [0.2, 0.25) is 0 Å². The average Bonchev–Trinajstić information content (AvgIpc) is 2.87. The number of anilines is 1. The predicted molar refractivity (Wildman–Crippen MR) is 146 cm³/mol. The molecule has 0 unspecified atom stereocenters. The number of ether oxygens (including phenoxy) is 1. The molecule has 1 heterocycles.